The van der Waals surface area contributed by atoms with Crippen LogP contribution >= 0.6 is 0 Å². The number of likely N-dealkylation sites (tertiary alicyclic amines) is 1. The van der Waals surface area contributed by atoms with Crippen molar-refractivity contribution in [2.75, 3.05) is 6.54 Å². The summed E-state index contributed by atoms with van der Waals surface area (Å²) in [7, 11) is 0. The van der Waals surface area contributed by atoms with Gasteiger partial charge < -0.3 is 9.73 Å². The second-order valence-corrected chi connectivity index (χ2v) is 5.84. The van der Waals surface area contributed by atoms with Gasteiger partial charge in [0.15, 0.2) is 0 Å². The second-order valence-electron chi connectivity index (χ2n) is 5.84. The Morgan fingerprint density at radius 2 is 2.06 bits per heavy atom. The topological polar surface area (TPSA) is 28.4 Å². The van der Waals surface area contributed by atoms with Crippen LogP contribution in [0.15, 0.2) is 16.5 Å². The maximum atomic E-state index is 5.91. The molecule has 1 aliphatic carbocycles. The van der Waals surface area contributed by atoms with Gasteiger partial charge in [0.2, 0.25) is 0 Å². The van der Waals surface area contributed by atoms with Crippen LogP contribution in [0.25, 0.3) is 0 Å². The van der Waals surface area contributed by atoms with Crippen molar-refractivity contribution in [1.82, 2.24) is 10.2 Å². The molecule has 2 aliphatic rings. The minimum atomic E-state index is 0.705. The van der Waals surface area contributed by atoms with Crippen LogP contribution in [0.3, 0.4) is 0 Å². The highest BCUT2D eigenvalue weighted by atomic mass is 16.3. The molecular weight excluding hydrogens is 224 g/mol. The maximum Gasteiger partial charge on any atom is 0.118 e. The predicted octanol–water partition coefficient (Wildman–Crippen LogP) is 2.91. The van der Waals surface area contributed by atoms with E-state index in [4.69, 9.17) is 4.42 Å². The molecule has 2 heterocycles. The van der Waals surface area contributed by atoms with Gasteiger partial charge in [0.05, 0.1) is 13.1 Å². The van der Waals surface area contributed by atoms with E-state index in [0.717, 1.165) is 30.7 Å². The van der Waals surface area contributed by atoms with E-state index < -0.39 is 0 Å². The van der Waals surface area contributed by atoms with Crippen LogP contribution in [0.2, 0.25) is 0 Å². The molecule has 1 unspecified atom stereocenters. The fraction of sp³-hybridized carbons (Fsp3) is 0.733. The third-order valence-corrected chi connectivity index (χ3v) is 4.16. The molecule has 3 heteroatoms. The molecule has 1 aromatic heterocycles. The lowest BCUT2D eigenvalue weighted by Gasteiger charge is -2.32. The van der Waals surface area contributed by atoms with Crippen molar-refractivity contribution in [1.29, 1.82) is 0 Å². The van der Waals surface area contributed by atoms with Crippen molar-refractivity contribution in [3.63, 3.8) is 0 Å². The first kappa shape index (κ1) is 12.2. The first-order chi connectivity index (χ1) is 8.81. The minimum Gasteiger partial charge on any atom is -0.463 e. The van der Waals surface area contributed by atoms with Gasteiger partial charge in [-0.15, -0.1) is 0 Å². The number of piperidine rings is 1. The molecular formula is C15H24N2O. The lowest BCUT2D eigenvalue weighted by molar-refractivity contribution is 0.141. The molecule has 1 aromatic rings. The van der Waals surface area contributed by atoms with Crippen LogP contribution in [-0.4, -0.2) is 23.5 Å². The van der Waals surface area contributed by atoms with Crippen LogP contribution < -0.4 is 5.32 Å². The molecule has 0 radical (unpaired) electrons. The molecule has 3 rings (SSSR count). The Hall–Kier alpha value is -0.800. The molecule has 1 saturated heterocycles. The van der Waals surface area contributed by atoms with Gasteiger partial charge in [-0.2, -0.15) is 0 Å². The highest BCUT2D eigenvalue weighted by Gasteiger charge is 2.21. The summed E-state index contributed by atoms with van der Waals surface area (Å²) >= 11 is 0. The normalized spacial score (nSPS) is 25.5. The van der Waals surface area contributed by atoms with Crippen molar-refractivity contribution in [3.8, 4) is 0 Å². The summed E-state index contributed by atoms with van der Waals surface area (Å²) in [6.45, 7) is 5.42. The zero-order valence-electron chi connectivity index (χ0n) is 11.3. The predicted molar refractivity (Wildman–Crippen MR) is 72.3 cm³/mol. The zero-order valence-corrected chi connectivity index (χ0v) is 11.3. The first-order valence-electron chi connectivity index (χ1n) is 7.36. The molecule has 100 valence electrons. The van der Waals surface area contributed by atoms with E-state index in [0.29, 0.717) is 6.04 Å². The Morgan fingerprint density at radius 1 is 1.22 bits per heavy atom. The zero-order chi connectivity index (χ0) is 12.4. The molecule has 0 aromatic carbocycles. The Balaban J connectivity index is 1.51. The molecule has 1 atom stereocenters. The van der Waals surface area contributed by atoms with Gasteiger partial charge in [-0.05, 0) is 51.3 Å². The van der Waals surface area contributed by atoms with Gasteiger partial charge in [0.1, 0.15) is 11.5 Å². The molecule has 0 amide bonds. The third-order valence-electron chi connectivity index (χ3n) is 4.16. The monoisotopic (exact) mass is 248 g/mol. The SMILES string of the molecule is CC1CCCCN1Cc1ccc(CNC2CC2)o1. The van der Waals surface area contributed by atoms with Crippen molar-refractivity contribution >= 4 is 0 Å². The van der Waals surface area contributed by atoms with E-state index in [2.05, 4.69) is 29.3 Å². The molecule has 2 fully saturated rings. The Kier molecular flexibility index (Phi) is 3.71. The van der Waals surface area contributed by atoms with Crippen LogP contribution in [-0.2, 0) is 13.1 Å². The van der Waals surface area contributed by atoms with E-state index in [9.17, 15) is 0 Å². The van der Waals surface area contributed by atoms with Gasteiger partial charge in [-0.1, -0.05) is 6.42 Å². The summed E-state index contributed by atoms with van der Waals surface area (Å²) in [6.07, 6.45) is 6.71. The van der Waals surface area contributed by atoms with Crippen LogP contribution in [0.5, 0.6) is 0 Å². The van der Waals surface area contributed by atoms with Crippen molar-refractivity contribution < 1.29 is 4.42 Å². The van der Waals surface area contributed by atoms with Crippen LogP contribution in [0.1, 0.15) is 50.5 Å². The number of nitrogens with one attached hydrogen (secondary N) is 1. The maximum absolute atomic E-state index is 5.91. The molecule has 1 aliphatic heterocycles. The van der Waals surface area contributed by atoms with E-state index in [-0.39, 0.29) is 0 Å². The van der Waals surface area contributed by atoms with E-state index in [1.54, 1.807) is 0 Å². The summed E-state index contributed by atoms with van der Waals surface area (Å²) in [5.74, 6) is 2.21. The molecule has 1 saturated carbocycles. The highest BCUT2D eigenvalue weighted by molar-refractivity contribution is 5.07. The van der Waals surface area contributed by atoms with E-state index >= 15 is 0 Å². The average Bonchev–Trinajstić information content (AvgIpc) is 3.10. The van der Waals surface area contributed by atoms with Crippen molar-refractivity contribution in [2.24, 2.45) is 0 Å². The van der Waals surface area contributed by atoms with Crippen LogP contribution in [0.4, 0.5) is 0 Å². The van der Waals surface area contributed by atoms with Crippen molar-refractivity contribution in [2.45, 2.75) is 64.2 Å². The fourth-order valence-corrected chi connectivity index (χ4v) is 2.73. The van der Waals surface area contributed by atoms with Crippen LogP contribution in [0, 0.1) is 0 Å². The summed E-state index contributed by atoms with van der Waals surface area (Å²) < 4.78 is 5.91. The quantitative estimate of drug-likeness (QED) is 0.868. The number of hydrogen-bond acceptors (Lipinski definition) is 3. The third kappa shape index (κ3) is 3.15. The minimum absolute atomic E-state index is 0.705. The summed E-state index contributed by atoms with van der Waals surface area (Å²) in [5.41, 5.74) is 0. The lowest BCUT2D eigenvalue weighted by Crippen LogP contribution is -2.36. The Bertz CT molecular complexity index is 384. The van der Waals surface area contributed by atoms with E-state index in [1.807, 2.05) is 0 Å². The Labute approximate surface area is 110 Å². The van der Waals surface area contributed by atoms with E-state index in [1.165, 1.54) is 38.6 Å². The second kappa shape index (κ2) is 5.45. The number of rotatable bonds is 5. The average molecular weight is 248 g/mol. The van der Waals surface area contributed by atoms with Gasteiger partial charge in [0.25, 0.3) is 0 Å². The summed E-state index contributed by atoms with van der Waals surface area (Å²) in [6, 6.07) is 5.72. The van der Waals surface area contributed by atoms with Gasteiger partial charge >= 0.3 is 0 Å². The largest absolute Gasteiger partial charge is 0.463 e. The van der Waals surface area contributed by atoms with Crippen molar-refractivity contribution in [3.05, 3.63) is 23.7 Å². The summed E-state index contributed by atoms with van der Waals surface area (Å²) in [5, 5.41) is 3.49. The molecule has 18 heavy (non-hydrogen) atoms. The lowest BCUT2D eigenvalue weighted by atomic mass is 10.0. The van der Waals surface area contributed by atoms with Gasteiger partial charge in [-0.3, -0.25) is 4.90 Å². The molecule has 0 bridgehead atoms. The molecule has 0 spiro atoms. The molecule has 1 N–H and O–H groups in total. The number of furan rings is 1. The number of hydrogen-bond donors (Lipinski definition) is 1. The Morgan fingerprint density at radius 3 is 2.83 bits per heavy atom. The summed E-state index contributed by atoms with van der Waals surface area (Å²) in [4.78, 5) is 2.54. The standard InChI is InChI=1S/C15H24N2O/c1-12-4-2-3-9-17(12)11-15-8-7-14(18-15)10-16-13-5-6-13/h7-8,12-13,16H,2-6,9-11H2,1H3. The smallest absolute Gasteiger partial charge is 0.118 e. The van der Waals surface area contributed by atoms with Gasteiger partial charge in [-0.25, -0.2) is 0 Å². The first-order valence-corrected chi connectivity index (χ1v) is 7.36. The van der Waals surface area contributed by atoms with Gasteiger partial charge in [0, 0.05) is 12.1 Å². The number of nitrogens with zero attached hydrogens (tertiary/aromatic N) is 1. The highest BCUT2D eigenvalue weighted by Crippen LogP contribution is 2.21. The fourth-order valence-electron chi connectivity index (χ4n) is 2.73. The molecule has 3 nitrogen and oxygen atoms in total.